The molecule has 5 aliphatic rings. The zero-order valence-corrected chi connectivity index (χ0v) is 38.2. The van der Waals surface area contributed by atoms with E-state index in [-0.39, 0.29) is 34.2 Å². The minimum Gasteiger partial charge on any atom is -0.456 e. The third-order valence-electron chi connectivity index (χ3n) is 14.6. The zero-order chi connectivity index (χ0) is 44.1. The lowest BCUT2D eigenvalue weighted by Gasteiger charge is -2.64. The first-order chi connectivity index (χ1) is 30.4. The first kappa shape index (κ1) is 44.7. The molecule has 4 aromatic carbocycles. The molecule has 12 heteroatoms. The number of aryl methyl sites for hydroxylation is 2. The van der Waals surface area contributed by atoms with E-state index in [9.17, 15) is 18.0 Å². The van der Waals surface area contributed by atoms with Crippen molar-refractivity contribution in [2.45, 2.75) is 89.6 Å². The number of nitrogens with one attached hydrogen (secondary N) is 2. The molecule has 5 fully saturated rings. The Balaban J connectivity index is 0.948. The number of sulfonamides is 1. The number of benzene rings is 4. The number of ether oxygens (including phenoxy) is 2. The van der Waals surface area contributed by atoms with Crippen LogP contribution in [0.4, 0.5) is 11.4 Å². The molecule has 2 N–H and O–H groups in total. The summed E-state index contributed by atoms with van der Waals surface area (Å²) in [5.41, 5.74) is 4.12. The molecule has 11 nitrogen and oxygen atoms in total. The number of rotatable bonds is 16. The van der Waals surface area contributed by atoms with Gasteiger partial charge in [-0.15, -0.1) is 0 Å². The molecule has 3 saturated carbocycles. The number of hydrogen-bond acceptors (Lipinski definition) is 9. The van der Waals surface area contributed by atoms with Gasteiger partial charge in [-0.1, -0.05) is 69.3 Å². The van der Waals surface area contributed by atoms with Gasteiger partial charge < -0.3 is 24.6 Å². The van der Waals surface area contributed by atoms with Gasteiger partial charge in [-0.2, -0.15) is 0 Å². The maximum absolute atomic E-state index is 14.3. The smallest absolute Gasteiger partial charge is 0.268 e. The Bertz CT molecular complexity index is 2310. The molecule has 2 saturated heterocycles. The van der Waals surface area contributed by atoms with Crippen molar-refractivity contribution in [1.29, 1.82) is 0 Å². The molecule has 3 aliphatic carbocycles. The number of piperidine rings is 1. The lowest BCUT2D eigenvalue weighted by atomic mass is 9.44. The van der Waals surface area contributed by atoms with Gasteiger partial charge in [0.05, 0.1) is 23.7 Å². The topological polar surface area (TPSA) is 121 Å². The molecule has 0 radical (unpaired) electrons. The fraction of sp³-hybridized carbons (Fsp3) is 0.490. The summed E-state index contributed by atoms with van der Waals surface area (Å²) in [6, 6.07) is 30.1. The molecule has 9 rings (SSSR count). The molecule has 0 spiro atoms. The zero-order valence-electron chi connectivity index (χ0n) is 37.4. The number of para-hydroxylation sites is 1. The van der Waals surface area contributed by atoms with Crippen LogP contribution in [0.2, 0.25) is 0 Å². The van der Waals surface area contributed by atoms with Crippen LogP contribution in [0.1, 0.15) is 80.8 Å². The third-order valence-corrected chi connectivity index (χ3v) is 16.0. The van der Waals surface area contributed by atoms with E-state index in [0.717, 1.165) is 102 Å². The molecular weight excluding hydrogens is 811 g/mol. The van der Waals surface area contributed by atoms with Crippen LogP contribution in [0.25, 0.3) is 0 Å². The summed E-state index contributed by atoms with van der Waals surface area (Å²) in [4.78, 5) is 35.2. The molecule has 2 aliphatic heterocycles. The molecule has 63 heavy (non-hydrogen) atoms. The summed E-state index contributed by atoms with van der Waals surface area (Å²) in [6.45, 7) is 15.7. The number of hydrogen-bond donors (Lipinski definition) is 2. The minimum atomic E-state index is -4.21. The normalized spacial score (nSPS) is 22.4. The molecule has 2 amide bonds. The van der Waals surface area contributed by atoms with Crippen LogP contribution in [0.5, 0.6) is 11.5 Å². The highest BCUT2D eigenvalue weighted by molar-refractivity contribution is 7.90. The summed E-state index contributed by atoms with van der Waals surface area (Å²) < 4.78 is 41.5. The van der Waals surface area contributed by atoms with Crippen LogP contribution in [0.3, 0.4) is 0 Å². The summed E-state index contributed by atoms with van der Waals surface area (Å²) in [6.07, 6.45) is 6.19. The van der Waals surface area contributed by atoms with Crippen molar-refractivity contribution >= 4 is 33.2 Å². The number of morpholine rings is 1. The van der Waals surface area contributed by atoms with Crippen molar-refractivity contribution in [1.82, 2.24) is 14.5 Å². The fourth-order valence-corrected chi connectivity index (χ4v) is 11.8. The summed E-state index contributed by atoms with van der Waals surface area (Å²) >= 11 is 0. The quantitative estimate of drug-likeness (QED) is 0.107. The Hall–Kier alpha value is -4.91. The number of carbonyl (C=O) groups excluding carboxylic acids is 2. The monoisotopic (exact) mass is 875 g/mol. The predicted octanol–water partition coefficient (Wildman–Crippen LogP) is 8.54. The van der Waals surface area contributed by atoms with E-state index in [1.165, 1.54) is 18.1 Å². The lowest BCUT2D eigenvalue weighted by Crippen LogP contribution is -2.64. The SMILES string of the molecule is Cc1cc(S(=O)(=O)NC(=O)c2ccc(N3CCC(N(C(=O)CCc4ccccc4)[C@H]4C[C@H]5C[C@@H]([C@@H]4C)C5(C)C)CC3)cc2Oc2ccccc2)ccc1NCCCN1CCOCC1. The molecule has 2 heterocycles. The number of nitrogens with zero attached hydrogens (tertiary/aromatic N) is 3. The van der Waals surface area contributed by atoms with Gasteiger partial charge in [-0.3, -0.25) is 14.5 Å². The summed E-state index contributed by atoms with van der Waals surface area (Å²) in [5.74, 6) is 2.00. The van der Waals surface area contributed by atoms with E-state index in [4.69, 9.17) is 9.47 Å². The van der Waals surface area contributed by atoms with E-state index in [1.54, 1.807) is 30.3 Å². The van der Waals surface area contributed by atoms with Crippen LogP contribution in [0.15, 0.2) is 102 Å². The second-order valence-electron chi connectivity index (χ2n) is 18.8. The van der Waals surface area contributed by atoms with Crippen molar-refractivity contribution < 1.29 is 27.5 Å². The molecular formula is C51H65N5O6S. The van der Waals surface area contributed by atoms with Gasteiger partial charge in [0.25, 0.3) is 15.9 Å². The fourth-order valence-electron chi connectivity index (χ4n) is 10.8. The van der Waals surface area contributed by atoms with E-state index in [2.05, 4.69) is 57.6 Å². The first-order valence-electron chi connectivity index (χ1n) is 23.1. The van der Waals surface area contributed by atoms with Gasteiger partial charge in [-0.25, -0.2) is 13.1 Å². The lowest BCUT2D eigenvalue weighted by molar-refractivity contribution is -0.164. The van der Waals surface area contributed by atoms with E-state index in [1.807, 2.05) is 55.5 Å². The van der Waals surface area contributed by atoms with Crippen molar-refractivity contribution in [3.05, 3.63) is 114 Å². The van der Waals surface area contributed by atoms with Crippen molar-refractivity contribution in [3.63, 3.8) is 0 Å². The first-order valence-corrected chi connectivity index (χ1v) is 24.5. The molecule has 336 valence electrons. The van der Waals surface area contributed by atoms with Crippen LogP contribution >= 0.6 is 0 Å². The Kier molecular flexibility index (Phi) is 13.8. The Morgan fingerprint density at radius 2 is 1.60 bits per heavy atom. The molecule has 0 unspecified atom stereocenters. The number of anilines is 2. The van der Waals surface area contributed by atoms with E-state index in [0.29, 0.717) is 35.3 Å². The van der Waals surface area contributed by atoms with E-state index < -0.39 is 15.9 Å². The average molecular weight is 876 g/mol. The highest BCUT2D eigenvalue weighted by Crippen LogP contribution is 2.62. The van der Waals surface area contributed by atoms with Crippen LogP contribution in [-0.2, 0) is 26.0 Å². The highest BCUT2D eigenvalue weighted by atomic mass is 32.2. The van der Waals surface area contributed by atoms with E-state index >= 15 is 0 Å². The number of fused-ring (bicyclic) bond motifs is 2. The van der Waals surface area contributed by atoms with Gasteiger partial charge in [0.1, 0.15) is 11.5 Å². The number of carbonyl (C=O) groups is 2. The molecule has 0 aromatic heterocycles. The number of amides is 2. The Morgan fingerprint density at radius 3 is 2.29 bits per heavy atom. The van der Waals surface area contributed by atoms with Gasteiger partial charge in [-0.05, 0) is 129 Å². The van der Waals surface area contributed by atoms with Crippen LogP contribution in [-0.4, -0.2) is 94.6 Å². The standard InChI is InChI=1S/C51H65N5O6S/c1-36-32-43(18-20-46(36)52-24-11-25-54-28-30-61-31-29-54)63(59,60)53-50(58)44-19-17-41(35-48(44)62-42-14-9-6-10-15-42)55-26-22-40(23-27-55)56(49(57)21-16-38-12-7-5-8-13-38)47-34-39-33-45(37(47)2)51(39,3)4/h5-10,12-15,17-20,32,35,37,39-40,45,47,52H,11,16,21-31,33-34H2,1-4H3,(H,53,58)/t37-,39+,45-,47-/m0/s1. The predicted molar refractivity (Wildman–Crippen MR) is 249 cm³/mol. The largest absolute Gasteiger partial charge is 0.456 e. The van der Waals surface area contributed by atoms with Crippen molar-refractivity contribution in [2.24, 2.45) is 23.2 Å². The maximum atomic E-state index is 14.3. The second kappa shape index (κ2) is 19.5. The van der Waals surface area contributed by atoms with Crippen LogP contribution < -0.4 is 19.7 Å². The Labute approximate surface area is 374 Å². The van der Waals surface area contributed by atoms with Crippen molar-refractivity contribution in [3.8, 4) is 11.5 Å². The van der Waals surface area contributed by atoms with Gasteiger partial charge in [0.2, 0.25) is 5.91 Å². The maximum Gasteiger partial charge on any atom is 0.268 e. The molecule has 4 atom stereocenters. The van der Waals surface area contributed by atoms with Gasteiger partial charge in [0, 0.05) is 68.7 Å². The second-order valence-corrected chi connectivity index (χ2v) is 20.5. The summed E-state index contributed by atoms with van der Waals surface area (Å²) in [7, 11) is -4.21. The van der Waals surface area contributed by atoms with Gasteiger partial charge >= 0.3 is 0 Å². The van der Waals surface area contributed by atoms with Gasteiger partial charge in [0.15, 0.2) is 0 Å². The minimum absolute atomic E-state index is 0.00758. The summed E-state index contributed by atoms with van der Waals surface area (Å²) in [5, 5.41) is 3.43. The molecule has 2 bridgehead atoms. The highest BCUT2D eigenvalue weighted by Gasteiger charge is 2.58. The Morgan fingerprint density at radius 1 is 0.889 bits per heavy atom. The van der Waals surface area contributed by atoms with Crippen molar-refractivity contribution in [2.75, 3.05) is 62.7 Å². The molecule has 4 aromatic rings. The third kappa shape index (κ3) is 10.2. The van der Waals surface area contributed by atoms with Crippen LogP contribution in [0, 0.1) is 30.1 Å². The average Bonchev–Trinajstić information content (AvgIpc) is 3.29.